The number of allylic oxidation sites excluding steroid dienone is 1. The molecule has 3 aliphatic rings. The average Bonchev–Trinajstić information content (AvgIpc) is 3.55. The minimum atomic E-state index is -3.86. The van der Waals surface area contributed by atoms with Crippen molar-refractivity contribution in [2.24, 2.45) is 17.1 Å². The first-order valence-electron chi connectivity index (χ1n) is 23.2. The summed E-state index contributed by atoms with van der Waals surface area (Å²) in [6, 6.07) is 12.4. The monoisotopic (exact) mass is 973 g/mol. The van der Waals surface area contributed by atoms with E-state index in [1.54, 1.807) is 43.5 Å². The van der Waals surface area contributed by atoms with Crippen LogP contribution in [0.15, 0.2) is 71.0 Å². The Morgan fingerprint density at radius 3 is 2.56 bits per heavy atom. The number of anilines is 1. The maximum absolute atomic E-state index is 14.7. The molecule has 2 fully saturated rings. The number of fused-ring (bicyclic) bond motifs is 2. The van der Waals surface area contributed by atoms with Crippen molar-refractivity contribution in [1.29, 1.82) is 0 Å². The van der Waals surface area contributed by atoms with E-state index in [4.69, 9.17) is 29.9 Å². The third kappa shape index (κ3) is 11.6. The lowest BCUT2D eigenvalue weighted by Gasteiger charge is -2.36. The smallest absolute Gasteiger partial charge is 0.408 e. The largest absolute Gasteiger partial charge is 0.497 e. The summed E-state index contributed by atoms with van der Waals surface area (Å²) >= 11 is 1.46. The number of aliphatic carboxylic acids is 1. The van der Waals surface area contributed by atoms with Crippen LogP contribution in [-0.4, -0.2) is 120 Å². The fourth-order valence-electron chi connectivity index (χ4n) is 8.64. The summed E-state index contributed by atoms with van der Waals surface area (Å²) in [6.07, 6.45) is 6.04. The van der Waals surface area contributed by atoms with Crippen LogP contribution >= 0.6 is 11.3 Å². The molecule has 1 saturated heterocycles. The normalized spacial score (nSPS) is 22.1. The van der Waals surface area contributed by atoms with Gasteiger partial charge in [0.25, 0.3) is 0 Å². The number of ether oxygens (including phenoxy) is 3. The maximum atomic E-state index is 14.7. The summed E-state index contributed by atoms with van der Waals surface area (Å²) in [6.45, 7) is 9.81. The molecular weight excluding hydrogens is 911 g/mol. The van der Waals surface area contributed by atoms with Gasteiger partial charge in [0.05, 0.1) is 42.3 Å². The van der Waals surface area contributed by atoms with Crippen molar-refractivity contribution >= 4 is 61.7 Å². The highest BCUT2D eigenvalue weighted by Crippen LogP contribution is 2.42. The van der Waals surface area contributed by atoms with Gasteiger partial charge in [0.1, 0.15) is 47.3 Å². The molecule has 2 amide bonds. The number of pyridine rings is 1. The van der Waals surface area contributed by atoms with Gasteiger partial charge < -0.3 is 45.4 Å². The molecule has 5 N–H and O–H groups in total. The molecular formula is C49H63N7O10S2. The first-order valence-corrected chi connectivity index (χ1v) is 25.5. The van der Waals surface area contributed by atoms with E-state index in [2.05, 4.69) is 10.6 Å². The lowest BCUT2D eigenvalue weighted by atomic mass is 9.89. The second-order valence-corrected chi connectivity index (χ2v) is 22.1. The van der Waals surface area contributed by atoms with Crippen molar-refractivity contribution in [3.05, 3.63) is 71.6 Å². The van der Waals surface area contributed by atoms with E-state index >= 15 is 0 Å². The molecule has 19 heteroatoms. The number of carboxylic acid groups (broad SMARTS) is 1. The van der Waals surface area contributed by atoms with Crippen LogP contribution in [0.5, 0.6) is 11.5 Å². The zero-order chi connectivity index (χ0) is 49.0. The highest BCUT2D eigenvalue weighted by molar-refractivity contribution is 7.89. The molecule has 2 aromatic heterocycles. The van der Waals surface area contributed by atoms with Gasteiger partial charge in [-0.05, 0) is 69.7 Å². The van der Waals surface area contributed by atoms with Gasteiger partial charge in [0.15, 0.2) is 5.13 Å². The van der Waals surface area contributed by atoms with Crippen molar-refractivity contribution in [3.63, 3.8) is 0 Å². The van der Waals surface area contributed by atoms with Crippen molar-refractivity contribution in [3.8, 4) is 22.9 Å². The van der Waals surface area contributed by atoms with Gasteiger partial charge >= 0.3 is 12.1 Å². The number of aldehydes is 1. The number of carboxylic acids is 1. The number of hydrogen-bond acceptors (Lipinski definition) is 14. The van der Waals surface area contributed by atoms with Crippen LogP contribution in [0.25, 0.3) is 22.3 Å². The summed E-state index contributed by atoms with van der Waals surface area (Å²) in [5.41, 5.74) is 6.58. The Morgan fingerprint density at radius 2 is 1.85 bits per heavy atom. The molecule has 0 spiro atoms. The van der Waals surface area contributed by atoms with Crippen LogP contribution in [-0.2, 0) is 35.6 Å². The van der Waals surface area contributed by atoms with Crippen molar-refractivity contribution < 1.29 is 46.9 Å². The van der Waals surface area contributed by atoms with Crippen molar-refractivity contribution in [2.45, 2.75) is 127 Å². The van der Waals surface area contributed by atoms with Crippen molar-refractivity contribution in [2.75, 3.05) is 32.1 Å². The molecule has 17 nitrogen and oxygen atoms in total. The number of alkyl carbamates (subject to hydrolysis) is 1. The topological polar surface area (TPSA) is 233 Å². The van der Waals surface area contributed by atoms with E-state index in [9.17, 15) is 32.7 Å². The van der Waals surface area contributed by atoms with Crippen LogP contribution in [0.1, 0.15) is 85.1 Å². The SMILES string of the molecule is COc1ccc2c(O[C@@H]3C[C@@H](C=O)N(C(=O)[C@H](CCCCC/C=C\C4C[C@]4(N)C(=O)O)NC(=O)O[C@H](CN4CCc5ccccc5S4(=O)=O)C(C)(C)C)C3)cc(-c3csc(NC(C)C)n3)nc2c1. The Bertz CT molecular complexity index is 2630. The van der Waals surface area contributed by atoms with E-state index in [0.717, 1.165) is 23.4 Å². The zero-order valence-corrected chi connectivity index (χ0v) is 41.1. The Balaban J connectivity index is 1.08. The quantitative estimate of drug-likeness (QED) is 0.0406. The molecule has 4 aromatic rings. The Labute approximate surface area is 401 Å². The van der Waals surface area contributed by atoms with Crippen molar-refractivity contribution in [1.82, 2.24) is 24.5 Å². The van der Waals surface area contributed by atoms with E-state index in [1.807, 2.05) is 64.3 Å². The Morgan fingerprint density at radius 1 is 1.07 bits per heavy atom. The number of likely N-dealkylation sites (tertiary alicyclic amines) is 1. The Hall–Kier alpha value is -5.63. The fourth-order valence-corrected chi connectivity index (χ4v) is 11.2. The number of carbonyl (C=O) groups excluding carboxylic acids is 3. The van der Waals surface area contributed by atoms with Crippen LogP contribution in [0, 0.1) is 11.3 Å². The second-order valence-electron chi connectivity index (χ2n) is 19.3. The molecule has 4 heterocycles. The number of hydrogen-bond donors (Lipinski definition) is 4. The number of amides is 2. The van der Waals surface area contributed by atoms with Gasteiger partial charge in [0.2, 0.25) is 15.9 Å². The molecule has 1 aliphatic carbocycles. The van der Waals surface area contributed by atoms with Gasteiger partial charge in [0, 0.05) is 53.2 Å². The van der Waals surface area contributed by atoms with Crippen LogP contribution in [0.2, 0.25) is 0 Å². The van der Waals surface area contributed by atoms with Gasteiger partial charge in [-0.2, -0.15) is 4.31 Å². The summed E-state index contributed by atoms with van der Waals surface area (Å²) < 4.78 is 47.0. The minimum Gasteiger partial charge on any atom is -0.497 e. The number of benzene rings is 2. The van der Waals surface area contributed by atoms with E-state index in [1.165, 1.54) is 20.5 Å². The van der Waals surface area contributed by atoms with Gasteiger partial charge in [-0.1, -0.05) is 64.0 Å². The first-order chi connectivity index (χ1) is 32.3. The summed E-state index contributed by atoms with van der Waals surface area (Å²) in [4.78, 5) is 64.1. The summed E-state index contributed by atoms with van der Waals surface area (Å²) in [5, 5.41) is 18.8. The zero-order valence-electron chi connectivity index (χ0n) is 39.5. The molecule has 6 atom stereocenters. The third-order valence-electron chi connectivity index (χ3n) is 12.8. The molecule has 2 aliphatic heterocycles. The number of rotatable bonds is 20. The van der Waals surface area contributed by atoms with E-state index < -0.39 is 63.2 Å². The lowest BCUT2D eigenvalue weighted by Crippen LogP contribution is -2.53. The minimum absolute atomic E-state index is 0.0494. The highest BCUT2D eigenvalue weighted by Gasteiger charge is 2.56. The highest BCUT2D eigenvalue weighted by atomic mass is 32.2. The number of carbonyl (C=O) groups is 4. The van der Waals surface area contributed by atoms with Crippen LogP contribution < -0.4 is 25.8 Å². The van der Waals surface area contributed by atoms with Gasteiger partial charge in [-0.15, -0.1) is 11.3 Å². The Kier molecular flexibility index (Phi) is 15.5. The summed E-state index contributed by atoms with van der Waals surface area (Å²) in [7, 11) is -2.29. The molecule has 1 saturated carbocycles. The second kappa shape index (κ2) is 20.9. The number of methoxy groups -OCH3 is 1. The van der Waals surface area contributed by atoms with E-state index in [0.29, 0.717) is 65.9 Å². The molecule has 366 valence electrons. The maximum Gasteiger partial charge on any atom is 0.408 e. The summed E-state index contributed by atoms with van der Waals surface area (Å²) in [5.74, 6) is -0.607. The molecule has 68 heavy (non-hydrogen) atoms. The number of aromatic nitrogens is 2. The number of unbranched alkanes of at least 4 members (excludes halogenated alkanes) is 3. The number of sulfonamides is 1. The van der Waals surface area contributed by atoms with E-state index in [-0.39, 0.29) is 49.3 Å². The molecule has 0 radical (unpaired) electrons. The number of nitrogens with one attached hydrogen (secondary N) is 2. The van der Waals surface area contributed by atoms with Gasteiger partial charge in [-0.3, -0.25) is 9.59 Å². The predicted molar refractivity (Wildman–Crippen MR) is 259 cm³/mol. The number of thiazole rings is 1. The molecule has 7 rings (SSSR count). The number of nitrogens with zero attached hydrogens (tertiary/aromatic N) is 4. The first kappa shape index (κ1) is 50.3. The van der Waals surface area contributed by atoms with Gasteiger partial charge in [-0.25, -0.2) is 23.2 Å². The fraction of sp³-hybridized carbons (Fsp3) is 0.510. The number of nitrogens with two attached hydrogens (primary N) is 1. The molecule has 0 bridgehead atoms. The standard InChI is InChI=1S/C49H63N7O10S2/c1-30(2)51-46-53-40(29-67-46)39-24-41(36-19-18-34(64-6)23-38(36)52-39)65-35-22-33(28-57)56(26-35)44(58)37(16-11-9-7-8-10-15-32-25-49(32,50)45(59)60)54-47(61)66-43(48(3,4)5)27-55-21-20-31-14-12-13-17-42(31)68(55,62)63/h10,12-15,17-19,23-24,28-30,32-33,35,37,43H,7-9,11,16,20-22,25-27,50H2,1-6H3,(H,51,53)(H,54,61)(H,59,60)/b15-10-/t32?,33-,35+,37-,43+,49+/m0/s1. The lowest BCUT2D eigenvalue weighted by molar-refractivity contribution is -0.140. The van der Waals surface area contributed by atoms with Crippen LogP contribution in [0.3, 0.4) is 0 Å². The average molecular weight is 974 g/mol. The van der Waals surface area contributed by atoms with Crippen LogP contribution in [0.4, 0.5) is 9.93 Å². The molecule has 1 unspecified atom stereocenters. The predicted octanol–water partition coefficient (Wildman–Crippen LogP) is 6.80. The third-order valence-corrected chi connectivity index (χ3v) is 15.5. The molecule has 2 aromatic carbocycles.